The van der Waals surface area contributed by atoms with Crippen molar-refractivity contribution in [2.75, 3.05) is 19.4 Å². The van der Waals surface area contributed by atoms with Crippen molar-refractivity contribution in [2.45, 2.75) is 71.6 Å². The largest absolute Gasteiger partial charge is 0.334 e. The van der Waals surface area contributed by atoms with Gasteiger partial charge in [0, 0.05) is 5.92 Å². The maximum Gasteiger partial charge on any atom is 0.334 e. The SMILES string of the molecule is CCCCOP(=O)(CC=CCC1c2cc(F)ccc2-c2ccc(F)c(CCC)c21)OCCCC. The first-order valence-electron chi connectivity index (χ1n) is 12.6. The van der Waals surface area contributed by atoms with E-state index in [2.05, 4.69) is 13.8 Å². The molecule has 2 aromatic rings. The first kappa shape index (κ1) is 26.8. The fourth-order valence-corrected chi connectivity index (χ4v) is 6.02. The van der Waals surface area contributed by atoms with Gasteiger partial charge in [-0.3, -0.25) is 4.57 Å². The van der Waals surface area contributed by atoms with Crippen LogP contribution in [0.15, 0.2) is 42.5 Å². The lowest BCUT2D eigenvalue weighted by Gasteiger charge is -2.18. The summed E-state index contributed by atoms with van der Waals surface area (Å²) in [5, 5.41) is 0. The Bertz CT molecular complexity index is 1020. The van der Waals surface area contributed by atoms with Gasteiger partial charge in [-0.2, -0.15) is 0 Å². The van der Waals surface area contributed by atoms with Crippen LogP contribution in [0, 0.1) is 11.6 Å². The number of benzene rings is 2. The summed E-state index contributed by atoms with van der Waals surface area (Å²) in [6, 6.07) is 8.14. The third kappa shape index (κ3) is 6.44. The highest BCUT2D eigenvalue weighted by molar-refractivity contribution is 7.54. The van der Waals surface area contributed by atoms with Gasteiger partial charge in [0.05, 0.1) is 19.4 Å². The van der Waals surface area contributed by atoms with Crippen LogP contribution < -0.4 is 0 Å². The number of allylic oxidation sites excluding steroid dienone is 2. The molecule has 3 nitrogen and oxygen atoms in total. The van der Waals surface area contributed by atoms with Gasteiger partial charge in [-0.15, -0.1) is 0 Å². The van der Waals surface area contributed by atoms with E-state index in [4.69, 9.17) is 9.05 Å². The maximum atomic E-state index is 14.8. The topological polar surface area (TPSA) is 35.5 Å². The summed E-state index contributed by atoms with van der Waals surface area (Å²) in [4.78, 5) is 0. The van der Waals surface area contributed by atoms with Crippen molar-refractivity contribution < 1.29 is 22.4 Å². The molecule has 34 heavy (non-hydrogen) atoms. The van der Waals surface area contributed by atoms with E-state index < -0.39 is 7.60 Å². The molecule has 1 atom stereocenters. The lowest BCUT2D eigenvalue weighted by molar-refractivity contribution is 0.202. The average molecular weight is 491 g/mol. The Morgan fingerprint density at radius 2 is 1.59 bits per heavy atom. The van der Waals surface area contributed by atoms with Crippen LogP contribution in [0.3, 0.4) is 0 Å². The minimum Gasteiger partial charge on any atom is -0.308 e. The molecule has 1 unspecified atom stereocenters. The van der Waals surface area contributed by atoms with Gasteiger partial charge in [0.2, 0.25) is 0 Å². The van der Waals surface area contributed by atoms with E-state index in [1.54, 1.807) is 12.1 Å². The van der Waals surface area contributed by atoms with Crippen LogP contribution in [-0.2, 0) is 20.0 Å². The average Bonchev–Trinajstić information content (AvgIpc) is 3.12. The van der Waals surface area contributed by atoms with Crippen molar-refractivity contribution in [1.82, 2.24) is 0 Å². The summed E-state index contributed by atoms with van der Waals surface area (Å²) in [5.41, 5.74) is 4.49. The normalized spacial score (nSPS) is 15.1. The number of hydrogen-bond donors (Lipinski definition) is 0. The predicted octanol–water partition coefficient (Wildman–Crippen LogP) is 8.80. The van der Waals surface area contributed by atoms with E-state index in [1.165, 1.54) is 12.1 Å². The molecule has 0 spiro atoms. The molecular weight excluding hydrogens is 453 g/mol. The second-order valence-electron chi connectivity index (χ2n) is 8.90. The van der Waals surface area contributed by atoms with Crippen molar-refractivity contribution >= 4 is 7.60 Å². The highest BCUT2D eigenvalue weighted by Gasteiger charge is 2.32. The molecule has 6 heteroatoms. The smallest absolute Gasteiger partial charge is 0.308 e. The minimum atomic E-state index is -3.21. The zero-order valence-corrected chi connectivity index (χ0v) is 21.5. The highest BCUT2D eigenvalue weighted by Crippen LogP contribution is 2.50. The second-order valence-corrected chi connectivity index (χ2v) is 11.0. The molecule has 0 bridgehead atoms. The Morgan fingerprint density at radius 1 is 0.912 bits per heavy atom. The van der Waals surface area contributed by atoms with E-state index in [9.17, 15) is 13.3 Å². The molecule has 0 radical (unpaired) electrons. The van der Waals surface area contributed by atoms with E-state index in [0.717, 1.165) is 54.4 Å². The Hall–Kier alpha value is -1.81. The Balaban J connectivity index is 1.82. The Kier molecular flexibility index (Phi) is 10.1. The summed E-state index contributed by atoms with van der Waals surface area (Å²) in [6.45, 7) is 6.97. The Labute approximate surface area is 203 Å². The van der Waals surface area contributed by atoms with Crippen LogP contribution in [-0.4, -0.2) is 19.4 Å². The summed E-state index contributed by atoms with van der Waals surface area (Å²) < 4.78 is 53.5. The molecule has 0 N–H and O–H groups in total. The molecule has 0 amide bonds. The van der Waals surface area contributed by atoms with Gasteiger partial charge in [0.1, 0.15) is 11.6 Å². The first-order valence-corrected chi connectivity index (χ1v) is 14.3. The van der Waals surface area contributed by atoms with E-state index >= 15 is 0 Å². The van der Waals surface area contributed by atoms with Gasteiger partial charge in [0.25, 0.3) is 0 Å². The number of halogens is 2. The summed E-state index contributed by atoms with van der Waals surface area (Å²) in [5.74, 6) is -0.646. The van der Waals surface area contributed by atoms with Crippen LogP contribution in [0.4, 0.5) is 8.78 Å². The van der Waals surface area contributed by atoms with Crippen LogP contribution in [0.1, 0.15) is 81.9 Å². The summed E-state index contributed by atoms with van der Waals surface area (Å²) >= 11 is 0. The monoisotopic (exact) mass is 490 g/mol. The quantitative estimate of drug-likeness (QED) is 0.151. The summed E-state index contributed by atoms with van der Waals surface area (Å²) in [7, 11) is -3.21. The molecule has 0 saturated carbocycles. The summed E-state index contributed by atoms with van der Waals surface area (Å²) in [6.07, 6.45) is 9.59. The van der Waals surface area contributed by atoms with E-state index in [-0.39, 0.29) is 23.7 Å². The molecule has 186 valence electrons. The van der Waals surface area contributed by atoms with E-state index in [0.29, 0.717) is 31.6 Å². The zero-order chi connectivity index (χ0) is 24.6. The minimum absolute atomic E-state index is 0.143. The molecular formula is C28H37F2O3P. The highest BCUT2D eigenvalue weighted by atomic mass is 31.2. The second kappa shape index (κ2) is 12.8. The third-order valence-corrected chi connectivity index (χ3v) is 8.08. The van der Waals surface area contributed by atoms with Crippen LogP contribution in [0.2, 0.25) is 0 Å². The molecule has 2 aromatic carbocycles. The standard InChI is InChI=1S/C28H37F2O3P/c1-4-7-17-32-34(31,33-18-8-5-2)19-10-9-12-23-26-20-21(29)13-14-22(26)24-15-16-27(30)25(11-6-3)28(23)24/h9-10,13-16,20,23H,4-8,11-12,17-19H2,1-3H3. The molecule has 0 aliphatic heterocycles. The van der Waals surface area contributed by atoms with E-state index in [1.807, 2.05) is 25.1 Å². The first-order chi connectivity index (χ1) is 16.4. The number of hydrogen-bond acceptors (Lipinski definition) is 3. The zero-order valence-electron chi connectivity index (χ0n) is 20.6. The molecule has 3 rings (SSSR count). The van der Waals surface area contributed by atoms with Crippen molar-refractivity contribution in [3.8, 4) is 11.1 Å². The Morgan fingerprint density at radius 3 is 2.24 bits per heavy atom. The molecule has 0 heterocycles. The third-order valence-electron chi connectivity index (χ3n) is 6.27. The van der Waals surface area contributed by atoms with Crippen molar-refractivity contribution in [3.63, 3.8) is 0 Å². The van der Waals surface area contributed by atoms with Gasteiger partial charge in [-0.1, -0.05) is 64.3 Å². The fraction of sp³-hybridized carbons (Fsp3) is 0.500. The van der Waals surface area contributed by atoms with Crippen molar-refractivity contribution in [1.29, 1.82) is 0 Å². The predicted molar refractivity (Wildman–Crippen MR) is 136 cm³/mol. The lowest BCUT2D eigenvalue weighted by atomic mass is 9.88. The van der Waals surface area contributed by atoms with Crippen molar-refractivity contribution in [3.05, 3.63) is 70.8 Å². The number of fused-ring (bicyclic) bond motifs is 3. The van der Waals surface area contributed by atoms with Gasteiger partial charge < -0.3 is 9.05 Å². The van der Waals surface area contributed by atoms with Gasteiger partial charge in [-0.05, 0) is 71.7 Å². The lowest BCUT2D eigenvalue weighted by Crippen LogP contribution is -2.04. The van der Waals surface area contributed by atoms with Gasteiger partial charge >= 0.3 is 7.60 Å². The molecule has 0 aromatic heterocycles. The molecule has 0 fully saturated rings. The van der Waals surface area contributed by atoms with Gasteiger partial charge in [-0.25, -0.2) is 8.78 Å². The maximum absolute atomic E-state index is 14.8. The van der Waals surface area contributed by atoms with Crippen LogP contribution in [0.25, 0.3) is 11.1 Å². The van der Waals surface area contributed by atoms with Crippen LogP contribution >= 0.6 is 7.60 Å². The number of rotatable bonds is 14. The molecule has 1 aliphatic rings. The van der Waals surface area contributed by atoms with Crippen molar-refractivity contribution in [2.24, 2.45) is 0 Å². The van der Waals surface area contributed by atoms with Crippen LogP contribution in [0.5, 0.6) is 0 Å². The molecule has 1 aliphatic carbocycles. The number of unbranched alkanes of at least 4 members (excludes halogenated alkanes) is 2. The molecule has 0 saturated heterocycles. The fourth-order valence-electron chi connectivity index (χ4n) is 4.52. The van der Waals surface area contributed by atoms with Gasteiger partial charge in [0.15, 0.2) is 0 Å².